The molecule has 5 heteroatoms. The van der Waals surface area contributed by atoms with Gasteiger partial charge in [-0.15, -0.1) is 0 Å². The molecule has 0 aromatic carbocycles. The SMILES string of the molecule is CC(COP(=O)(OCC(C)CC(C)(C)C)OCC(C)CC(C)(C)C)CC(C)(C)C. The molecule has 29 heavy (non-hydrogen) atoms. The molecule has 3 unspecified atom stereocenters. The molecule has 0 radical (unpaired) electrons. The van der Waals surface area contributed by atoms with E-state index in [1.165, 1.54) is 0 Å². The summed E-state index contributed by atoms with van der Waals surface area (Å²) in [7, 11) is -3.58. The first-order valence-electron chi connectivity index (χ1n) is 11.3. The van der Waals surface area contributed by atoms with Gasteiger partial charge in [-0.3, -0.25) is 13.6 Å². The van der Waals surface area contributed by atoms with Crippen LogP contribution in [0.5, 0.6) is 0 Å². The summed E-state index contributed by atoms with van der Waals surface area (Å²) in [5.41, 5.74) is 0.616. The van der Waals surface area contributed by atoms with Crippen molar-refractivity contribution in [2.24, 2.45) is 34.0 Å². The molecule has 3 atom stereocenters. The molecule has 0 fully saturated rings. The fraction of sp³-hybridized carbons (Fsp3) is 1.00. The average Bonchev–Trinajstić information content (AvgIpc) is 2.44. The minimum Gasteiger partial charge on any atom is -0.287 e. The second-order valence-electron chi connectivity index (χ2n) is 12.9. The van der Waals surface area contributed by atoms with E-state index in [9.17, 15) is 4.57 Å². The third kappa shape index (κ3) is 17.5. The average molecular weight is 435 g/mol. The summed E-state index contributed by atoms with van der Waals surface area (Å²) in [6.45, 7) is 27.4. The molecule has 0 aliphatic heterocycles. The summed E-state index contributed by atoms with van der Waals surface area (Å²) >= 11 is 0. The van der Waals surface area contributed by atoms with Gasteiger partial charge >= 0.3 is 7.82 Å². The van der Waals surface area contributed by atoms with Crippen molar-refractivity contribution in [3.8, 4) is 0 Å². The monoisotopic (exact) mass is 434 g/mol. The molecule has 0 N–H and O–H groups in total. The number of hydrogen-bond acceptors (Lipinski definition) is 4. The molecule has 0 aliphatic rings. The van der Waals surface area contributed by atoms with Gasteiger partial charge in [-0.25, -0.2) is 4.57 Å². The fourth-order valence-corrected chi connectivity index (χ4v) is 5.62. The minimum absolute atomic E-state index is 0.205. The van der Waals surface area contributed by atoms with Gasteiger partial charge in [0.2, 0.25) is 0 Å². The smallest absolute Gasteiger partial charge is 0.287 e. The summed E-state index contributed by atoms with van der Waals surface area (Å²) in [5.74, 6) is 0.860. The highest BCUT2D eigenvalue weighted by Gasteiger charge is 2.31. The Kier molecular flexibility index (Phi) is 11.7. The van der Waals surface area contributed by atoms with E-state index in [1.807, 2.05) is 0 Å². The van der Waals surface area contributed by atoms with Gasteiger partial charge in [-0.2, -0.15) is 0 Å². The lowest BCUT2D eigenvalue weighted by Gasteiger charge is -2.28. The third-order valence-corrected chi connectivity index (χ3v) is 5.83. The van der Waals surface area contributed by atoms with Crippen LogP contribution in [0.3, 0.4) is 0 Å². The van der Waals surface area contributed by atoms with Gasteiger partial charge < -0.3 is 0 Å². The van der Waals surface area contributed by atoms with Crippen LogP contribution in [0.25, 0.3) is 0 Å². The molecule has 176 valence electrons. The van der Waals surface area contributed by atoms with Crippen molar-refractivity contribution in [3.63, 3.8) is 0 Å². The number of phosphoric ester groups is 1. The number of hydrogen-bond donors (Lipinski definition) is 0. The molecular weight excluding hydrogens is 383 g/mol. The Labute approximate surface area is 182 Å². The van der Waals surface area contributed by atoms with Gasteiger partial charge in [0.05, 0.1) is 19.8 Å². The summed E-state index contributed by atoms with van der Waals surface area (Å²) in [6, 6.07) is 0. The van der Waals surface area contributed by atoms with Crippen LogP contribution in [-0.4, -0.2) is 19.8 Å². The third-order valence-electron chi connectivity index (χ3n) is 4.43. The maximum absolute atomic E-state index is 13.4. The highest BCUT2D eigenvalue weighted by atomic mass is 31.2. The molecule has 0 aromatic rings. The summed E-state index contributed by atoms with van der Waals surface area (Å²) in [4.78, 5) is 0. The first-order valence-corrected chi connectivity index (χ1v) is 12.8. The van der Waals surface area contributed by atoms with Crippen LogP contribution in [0.2, 0.25) is 0 Å². The second-order valence-corrected chi connectivity index (χ2v) is 14.6. The summed E-state index contributed by atoms with van der Waals surface area (Å²) in [5, 5.41) is 0. The maximum Gasteiger partial charge on any atom is 0.474 e. The predicted molar refractivity (Wildman–Crippen MR) is 125 cm³/mol. The van der Waals surface area contributed by atoms with Crippen LogP contribution in [0.4, 0.5) is 0 Å². The van der Waals surface area contributed by atoms with Crippen LogP contribution < -0.4 is 0 Å². The van der Waals surface area contributed by atoms with E-state index in [4.69, 9.17) is 13.6 Å². The molecule has 0 rings (SSSR count). The van der Waals surface area contributed by atoms with Crippen LogP contribution in [-0.2, 0) is 18.1 Å². The Hall–Kier alpha value is 0.110. The first-order chi connectivity index (χ1) is 12.8. The van der Waals surface area contributed by atoms with Crippen molar-refractivity contribution in [2.45, 2.75) is 102 Å². The van der Waals surface area contributed by atoms with E-state index < -0.39 is 7.82 Å². The van der Waals surface area contributed by atoms with E-state index in [2.05, 4.69) is 83.1 Å². The molecular formula is C24H51O4P. The Balaban J connectivity index is 4.94. The minimum atomic E-state index is -3.58. The molecule has 0 bridgehead atoms. The van der Waals surface area contributed by atoms with E-state index in [1.54, 1.807) is 0 Å². The van der Waals surface area contributed by atoms with Gasteiger partial charge in [0, 0.05) is 0 Å². The zero-order chi connectivity index (χ0) is 23.1. The largest absolute Gasteiger partial charge is 0.474 e. The zero-order valence-corrected chi connectivity index (χ0v) is 22.4. The predicted octanol–water partition coefficient (Wildman–Crippen LogP) is 8.36. The van der Waals surface area contributed by atoms with E-state index >= 15 is 0 Å². The lowest BCUT2D eigenvalue weighted by atomic mass is 9.86. The lowest BCUT2D eigenvalue weighted by molar-refractivity contribution is 0.0692. The molecule has 0 saturated carbocycles. The molecule has 0 amide bonds. The lowest BCUT2D eigenvalue weighted by Crippen LogP contribution is -2.19. The normalized spacial score (nSPS) is 18.9. The topological polar surface area (TPSA) is 44.8 Å². The number of phosphoric acid groups is 1. The molecule has 0 saturated heterocycles. The van der Waals surface area contributed by atoms with Gasteiger partial charge in [0.25, 0.3) is 0 Å². The quantitative estimate of drug-likeness (QED) is 0.289. The standard InChI is InChI=1S/C24H51O4P/c1-19(13-22(4,5)6)16-26-29(25,27-17-20(2)14-23(7,8)9)28-18-21(3)15-24(10,11)12/h19-21H,13-18H2,1-12H3. The second kappa shape index (κ2) is 11.7. The van der Waals surface area contributed by atoms with Crippen molar-refractivity contribution >= 4 is 7.82 Å². The van der Waals surface area contributed by atoms with Crippen LogP contribution in [0, 0.1) is 34.0 Å². The highest BCUT2D eigenvalue weighted by Crippen LogP contribution is 2.51. The molecule has 0 aliphatic carbocycles. The van der Waals surface area contributed by atoms with E-state index in [0.717, 1.165) is 19.3 Å². The molecule has 0 spiro atoms. The van der Waals surface area contributed by atoms with Gasteiger partial charge in [-0.05, 0) is 53.3 Å². The van der Waals surface area contributed by atoms with Gasteiger partial charge in [-0.1, -0.05) is 83.1 Å². The van der Waals surface area contributed by atoms with Crippen molar-refractivity contribution in [2.75, 3.05) is 19.8 Å². The van der Waals surface area contributed by atoms with Crippen LogP contribution >= 0.6 is 7.82 Å². The van der Waals surface area contributed by atoms with Crippen molar-refractivity contribution in [1.82, 2.24) is 0 Å². The Bertz CT molecular complexity index is 425. The zero-order valence-electron chi connectivity index (χ0n) is 21.6. The molecule has 0 heterocycles. The highest BCUT2D eigenvalue weighted by molar-refractivity contribution is 7.48. The van der Waals surface area contributed by atoms with Gasteiger partial charge in [0.1, 0.15) is 0 Å². The fourth-order valence-electron chi connectivity index (χ4n) is 4.08. The van der Waals surface area contributed by atoms with Gasteiger partial charge in [0.15, 0.2) is 0 Å². The van der Waals surface area contributed by atoms with Crippen LogP contribution in [0.15, 0.2) is 0 Å². The number of rotatable bonds is 12. The Morgan fingerprint density at radius 1 is 0.552 bits per heavy atom. The Morgan fingerprint density at radius 3 is 0.931 bits per heavy atom. The van der Waals surface area contributed by atoms with E-state index in [0.29, 0.717) is 19.8 Å². The Morgan fingerprint density at radius 2 is 0.759 bits per heavy atom. The summed E-state index contributed by atoms with van der Waals surface area (Å²) in [6.07, 6.45) is 2.98. The first kappa shape index (κ1) is 29.1. The maximum atomic E-state index is 13.4. The van der Waals surface area contributed by atoms with Crippen LogP contribution in [0.1, 0.15) is 102 Å². The van der Waals surface area contributed by atoms with E-state index in [-0.39, 0.29) is 34.0 Å². The van der Waals surface area contributed by atoms with Crippen molar-refractivity contribution in [3.05, 3.63) is 0 Å². The van der Waals surface area contributed by atoms with Crippen molar-refractivity contribution in [1.29, 1.82) is 0 Å². The molecule has 4 nitrogen and oxygen atoms in total. The van der Waals surface area contributed by atoms with Crippen molar-refractivity contribution < 1.29 is 18.1 Å². The molecule has 0 aromatic heterocycles. The summed E-state index contributed by atoms with van der Waals surface area (Å²) < 4.78 is 30.8.